The maximum absolute atomic E-state index is 13.6. The maximum Gasteiger partial charge on any atom is 0.278 e. The van der Waals surface area contributed by atoms with Crippen LogP contribution in [0.2, 0.25) is 0 Å². The number of benzene rings is 1. The highest BCUT2D eigenvalue weighted by atomic mass is 16.5. The zero-order chi connectivity index (χ0) is 27.1. The lowest BCUT2D eigenvalue weighted by Gasteiger charge is -2.34. The van der Waals surface area contributed by atoms with Gasteiger partial charge < -0.3 is 19.4 Å². The van der Waals surface area contributed by atoms with E-state index in [1.54, 1.807) is 10.9 Å². The highest BCUT2D eigenvalue weighted by Gasteiger charge is 2.29. The first-order valence-corrected chi connectivity index (χ1v) is 14.0. The van der Waals surface area contributed by atoms with E-state index in [1.165, 1.54) is 16.9 Å². The maximum atomic E-state index is 13.6. The number of aromatic nitrogens is 3. The summed E-state index contributed by atoms with van der Waals surface area (Å²) in [7, 11) is 4.05. The second kappa shape index (κ2) is 10.4. The van der Waals surface area contributed by atoms with Gasteiger partial charge in [-0.05, 0) is 62.6 Å². The Hall–Kier alpha value is -3.72. The van der Waals surface area contributed by atoms with Gasteiger partial charge in [-0.3, -0.25) is 9.78 Å². The summed E-state index contributed by atoms with van der Waals surface area (Å²) >= 11 is 0. The predicted octanol–water partition coefficient (Wildman–Crippen LogP) is 3.95. The Morgan fingerprint density at radius 2 is 1.87 bits per heavy atom. The zero-order valence-electron chi connectivity index (χ0n) is 23.4. The van der Waals surface area contributed by atoms with Crippen LogP contribution in [0.25, 0.3) is 11.3 Å². The molecule has 0 radical (unpaired) electrons. The van der Waals surface area contributed by atoms with E-state index < -0.39 is 0 Å². The van der Waals surface area contributed by atoms with Crippen molar-refractivity contribution in [1.29, 1.82) is 0 Å². The number of hydrogen-bond acceptors (Lipinski definition) is 7. The minimum atomic E-state index is -0.247. The van der Waals surface area contributed by atoms with Crippen LogP contribution in [0.5, 0.6) is 5.88 Å². The molecule has 3 aliphatic heterocycles. The molecule has 1 fully saturated rings. The third-order valence-electron chi connectivity index (χ3n) is 8.05. The van der Waals surface area contributed by atoms with Crippen molar-refractivity contribution in [2.45, 2.75) is 33.1 Å². The standard InChI is InChI=1S/C30H37N7O2/c1-20-6-5-13-39-30-25(18-31-35(30)4)26-15-23(14-21(2)32-26)29(38)33-28-16-22-7-8-24(17-27(22)37(28)19-20)36-11-9-34(3)10-12-36/h7-8,14-15,17-18,20H,5-6,9-13,16,19H2,1-4H3/t20-/m1/s1. The fourth-order valence-corrected chi connectivity index (χ4v) is 5.81. The molecule has 0 N–H and O–H groups in total. The lowest BCUT2D eigenvalue weighted by atomic mass is 10.0. The van der Waals surface area contributed by atoms with E-state index in [-0.39, 0.29) is 5.91 Å². The molecule has 0 aliphatic carbocycles. The van der Waals surface area contributed by atoms with E-state index >= 15 is 0 Å². The van der Waals surface area contributed by atoms with Crippen molar-refractivity contribution >= 4 is 23.1 Å². The molecule has 3 aliphatic rings. The Morgan fingerprint density at radius 1 is 1.05 bits per heavy atom. The Kier molecular flexibility index (Phi) is 6.85. The number of nitrogens with zero attached hydrogens (tertiary/aromatic N) is 7. The highest BCUT2D eigenvalue weighted by Crippen LogP contribution is 2.35. The quantitative estimate of drug-likeness (QED) is 0.474. The van der Waals surface area contributed by atoms with Gasteiger partial charge in [-0.25, -0.2) is 4.68 Å². The monoisotopic (exact) mass is 527 g/mol. The number of aryl methyl sites for hydroxylation is 2. The van der Waals surface area contributed by atoms with Crippen molar-refractivity contribution in [3.63, 3.8) is 0 Å². The molecule has 1 aromatic carbocycles. The molecule has 9 nitrogen and oxygen atoms in total. The van der Waals surface area contributed by atoms with Crippen LogP contribution in [0.15, 0.2) is 41.5 Å². The average Bonchev–Trinajstić information content (AvgIpc) is 3.45. The summed E-state index contributed by atoms with van der Waals surface area (Å²) in [5.74, 6) is 1.64. The number of piperazine rings is 1. The van der Waals surface area contributed by atoms with Crippen LogP contribution >= 0.6 is 0 Å². The average molecular weight is 528 g/mol. The summed E-state index contributed by atoms with van der Waals surface area (Å²) in [5.41, 5.74) is 6.39. The molecule has 1 saturated heterocycles. The van der Waals surface area contributed by atoms with Gasteiger partial charge in [0.1, 0.15) is 5.84 Å². The number of carbonyl (C=O) groups excluding carboxylic acids is 1. The largest absolute Gasteiger partial charge is 0.477 e. The number of amides is 1. The summed E-state index contributed by atoms with van der Waals surface area (Å²) in [5, 5.41) is 4.40. The van der Waals surface area contributed by atoms with Crippen molar-refractivity contribution < 1.29 is 9.53 Å². The van der Waals surface area contributed by atoms with Crippen molar-refractivity contribution in [3.8, 4) is 17.1 Å². The summed E-state index contributed by atoms with van der Waals surface area (Å²) in [6, 6.07) is 10.4. The second-order valence-corrected chi connectivity index (χ2v) is 11.2. The fourth-order valence-electron chi connectivity index (χ4n) is 5.81. The number of hydrogen-bond donors (Lipinski definition) is 0. The second-order valence-electron chi connectivity index (χ2n) is 11.2. The van der Waals surface area contributed by atoms with Gasteiger partial charge in [0.2, 0.25) is 5.88 Å². The van der Waals surface area contributed by atoms with Gasteiger partial charge in [0.05, 0.1) is 24.1 Å². The highest BCUT2D eigenvalue weighted by molar-refractivity contribution is 6.13. The molecule has 1 atom stereocenters. The van der Waals surface area contributed by atoms with Crippen molar-refractivity contribution in [2.75, 3.05) is 56.2 Å². The van der Waals surface area contributed by atoms with E-state index in [2.05, 4.69) is 52.0 Å². The number of ether oxygens (including phenoxy) is 1. The summed E-state index contributed by atoms with van der Waals surface area (Å²) < 4.78 is 7.93. The zero-order valence-corrected chi connectivity index (χ0v) is 23.4. The van der Waals surface area contributed by atoms with Gasteiger partial charge in [-0.1, -0.05) is 13.0 Å². The Morgan fingerprint density at radius 3 is 2.69 bits per heavy atom. The fraction of sp³-hybridized carbons (Fsp3) is 0.467. The third kappa shape index (κ3) is 5.15. The van der Waals surface area contributed by atoms with Gasteiger partial charge in [0.15, 0.2) is 0 Å². The number of aliphatic imine (C=N–C) groups is 1. The molecule has 204 valence electrons. The minimum absolute atomic E-state index is 0.247. The number of amidine groups is 1. The Labute approximate surface area is 230 Å². The number of carbonyl (C=O) groups is 1. The first-order chi connectivity index (χ1) is 18.9. The van der Waals surface area contributed by atoms with E-state index in [1.807, 2.05) is 26.1 Å². The van der Waals surface area contributed by atoms with E-state index in [4.69, 9.17) is 14.7 Å². The predicted molar refractivity (Wildman–Crippen MR) is 154 cm³/mol. The molecule has 3 aromatic rings. The number of likely N-dealkylation sites (N-methyl/N-ethyl adjacent to an activating group) is 1. The molecule has 9 heteroatoms. The van der Waals surface area contributed by atoms with Crippen molar-refractivity contribution in [2.24, 2.45) is 18.0 Å². The minimum Gasteiger partial charge on any atom is -0.477 e. The Balaban J connectivity index is 1.38. The third-order valence-corrected chi connectivity index (χ3v) is 8.05. The molecule has 39 heavy (non-hydrogen) atoms. The van der Waals surface area contributed by atoms with Crippen LogP contribution in [0.4, 0.5) is 11.4 Å². The van der Waals surface area contributed by atoms with E-state index in [0.717, 1.165) is 62.7 Å². The first-order valence-electron chi connectivity index (χ1n) is 14.0. The molecule has 1 amide bonds. The van der Waals surface area contributed by atoms with E-state index in [9.17, 15) is 4.79 Å². The van der Waals surface area contributed by atoms with Crippen molar-refractivity contribution in [1.82, 2.24) is 19.7 Å². The summed E-state index contributed by atoms with van der Waals surface area (Å²) in [6.45, 7) is 9.74. The van der Waals surface area contributed by atoms with Gasteiger partial charge in [-0.15, -0.1) is 0 Å². The molecule has 0 spiro atoms. The first kappa shape index (κ1) is 25.6. The van der Waals surface area contributed by atoms with Gasteiger partial charge >= 0.3 is 0 Å². The number of rotatable bonds is 1. The lowest BCUT2D eigenvalue weighted by Crippen LogP contribution is -2.44. The Bertz CT molecular complexity index is 1420. The lowest BCUT2D eigenvalue weighted by molar-refractivity contribution is 0.100. The molecule has 2 bridgehead atoms. The molecule has 0 saturated carbocycles. The van der Waals surface area contributed by atoms with Gasteiger partial charge in [-0.2, -0.15) is 10.1 Å². The smallest absolute Gasteiger partial charge is 0.278 e. The normalized spacial score (nSPS) is 20.4. The molecule has 5 heterocycles. The number of pyridine rings is 1. The molecule has 6 rings (SSSR count). The van der Waals surface area contributed by atoms with Crippen molar-refractivity contribution in [3.05, 3.63) is 53.3 Å². The van der Waals surface area contributed by atoms with Crippen LogP contribution in [-0.4, -0.2) is 77.8 Å². The van der Waals surface area contributed by atoms with Crippen LogP contribution in [-0.2, 0) is 13.5 Å². The molecule has 0 unspecified atom stereocenters. The SMILES string of the molecule is Cc1cc2cc(n1)-c1cnn(C)c1OCCC[C@@H](C)CN1C(=NC2=O)Cc2ccc(N3CCN(C)CC3)cc21. The van der Waals surface area contributed by atoms with Crippen LogP contribution in [0, 0.1) is 12.8 Å². The van der Waals surface area contributed by atoms with Gasteiger partial charge in [0.25, 0.3) is 5.91 Å². The number of anilines is 2. The molecular formula is C30H37N7O2. The number of fused-ring (bicyclic) bond motifs is 7. The van der Waals surface area contributed by atoms with Crippen LogP contribution in [0.1, 0.15) is 41.4 Å². The topological polar surface area (TPSA) is 79.1 Å². The van der Waals surface area contributed by atoms with Crippen LogP contribution in [0.3, 0.4) is 0 Å². The van der Waals surface area contributed by atoms with Gasteiger partial charge in [0, 0.05) is 68.8 Å². The van der Waals surface area contributed by atoms with E-state index in [0.29, 0.717) is 36.1 Å². The molecular weight excluding hydrogens is 490 g/mol. The summed E-state index contributed by atoms with van der Waals surface area (Å²) in [4.78, 5) is 30.1. The summed E-state index contributed by atoms with van der Waals surface area (Å²) in [6.07, 6.45) is 4.34. The van der Waals surface area contributed by atoms with Crippen LogP contribution < -0.4 is 14.5 Å². The molecule has 2 aromatic heterocycles.